The van der Waals surface area contributed by atoms with Gasteiger partial charge < -0.3 is 19.7 Å². The normalized spacial score (nSPS) is 11.0. The number of halogens is 1. The monoisotopic (exact) mass is 356 g/mol. The summed E-state index contributed by atoms with van der Waals surface area (Å²) in [7, 11) is 1.92. The van der Waals surface area contributed by atoms with Crippen LogP contribution in [0.25, 0.3) is 0 Å². The largest absolute Gasteiger partial charge is 0.477 e. The van der Waals surface area contributed by atoms with E-state index in [9.17, 15) is 4.79 Å². The first-order valence-electron chi connectivity index (χ1n) is 8.14. The van der Waals surface area contributed by atoms with Gasteiger partial charge in [0, 0.05) is 13.1 Å². The second-order valence-corrected chi connectivity index (χ2v) is 6.53. The highest BCUT2D eigenvalue weighted by molar-refractivity contribution is 6.31. The molecule has 1 amide bonds. The summed E-state index contributed by atoms with van der Waals surface area (Å²) in [4.78, 5) is 22.0. The molecular formula is C15H26BClN4O3. The van der Waals surface area contributed by atoms with Gasteiger partial charge in [-0.2, -0.15) is 4.98 Å². The summed E-state index contributed by atoms with van der Waals surface area (Å²) in [5, 5.41) is 3.48. The summed E-state index contributed by atoms with van der Waals surface area (Å²) < 4.78 is 10.7. The molecule has 7 nitrogen and oxygen atoms in total. The van der Waals surface area contributed by atoms with Crippen molar-refractivity contribution in [1.29, 1.82) is 0 Å². The molecule has 0 radical (unpaired) electrons. The molecule has 0 aromatic carbocycles. The summed E-state index contributed by atoms with van der Waals surface area (Å²) in [5.74, 6) is 0.809. The predicted molar refractivity (Wildman–Crippen MR) is 97.7 cm³/mol. The number of carbonyl (C=O) groups is 1. The van der Waals surface area contributed by atoms with E-state index in [1.54, 1.807) is 4.90 Å². The quantitative estimate of drug-likeness (QED) is 0.568. The number of aromatic nitrogens is 2. The minimum Gasteiger partial charge on any atom is -0.477 e. The van der Waals surface area contributed by atoms with E-state index in [1.807, 2.05) is 35.5 Å². The molecule has 1 aromatic rings. The van der Waals surface area contributed by atoms with Crippen LogP contribution in [0.4, 0.5) is 10.7 Å². The number of carbonyl (C=O) groups excluding carboxylic acids is 1. The zero-order chi connectivity index (χ0) is 18.2. The maximum atomic E-state index is 12.0. The Morgan fingerprint density at radius 2 is 2.17 bits per heavy atom. The predicted octanol–water partition coefficient (Wildman–Crippen LogP) is 2.16. The van der Waals surface area contributed by atoms with Crippen molar-refractivity contribution in [2.75, 3.05) is 31.5 Å². The van der Waals surface area contributed by atoms with Crippen molar-refractivity contribution in [3.8, 4) is 5.88 Å². The van der Waals surface area contributed by atoms with E-state index >= 15 is 0 Å². The Kier molecular flexibility index (Phi) is 8.11. The Morgan fingerprint density at radius 1 is 1.46 bits per heavy atom. The number of ether oxygens (including phenoxy) is 2. The number of hydrogen-bond donors (Lipinski definition) is 1. The topological polar surface area (TPSA) is 76.6 Å². The van der Waals surface area contributed by atoms with Crippen LogP contribution in [0.1, 0.15) is 34.1 Å². The SMILES string of the molecule is BCN(CCCNc1ncc(Cl)c(OCC)n1)C(=O)OC(C)(C)C. The Labute approximate surface area is 149 Å². The average molecular weight is 357 g/mol. The van der Waals surface area contributed by atoms with Crippen LogP contribution in [0.15, 0.2) is 6.20 Å². The van der Waals surface area contributed by atoms with Gasteiger partial charge in [-0.25, -0.2) is 9.78 Å². The van der Waals surface area contributed by atoms with Gasteiger partial charge in [-0.05, 0) is 40.6 Å². The fourth-order valence-corrected chi connectivity index (χ4v) is 2.00. The number of rotatable bonds is 8. The average Bonchev–Trinajstić information content (AvgIpc) is 2.48. The number of nitrogens with one attached hydrogen (secondary N) is 1. The highest BCUT2D eigenvalue weighted by atomic mass is 35.5. The summed E-state index contributed by atoms with van der Waals surface area (Å²) in [6.07, 6.45) is 2.54. The first-order chi connectivity index (χ1) is 11.3. The molecule has 1 N–H and O–H groups in total. The number of hydrogen-bond acceptors (Lipinski definition) is 6. The number of amides is 1. The van der Waals surface area contributed by atoms with Gasteiger partial charge in [0.25, 0.3) is 0 Å². The molecule has 0 unspecified atom stereocenters. The highest BCUT2D eigenvalue weighted by Gasteiger charge is 2.20. The molecule has 0 saturated carbocycles. The third-order valence-corrected chi connectivity index (χ3v) is 3.17. The lowest BCUT2D eigenvalue weighted by Gasteiger charge is -2.26. The molecule has 1 aromatic heterocycles. The van der Waals surface area contributed by atoms with Crippen LogP contribution in [0.5, 0.6) is 5.88 Å². The van der Waals surface area contributed by atoms with Gasteiger partial charge >= 0.3 is 6.09 Å². The second kappa shape index (κ2) is 9.56. The van der Waals surface area contributed by atoms with E-state index in [-0.39, 0.29) is 6.09 Å². The molecule has 1 rings (SSSR count). The fourth-order valence-electron chi connectivity index (χ4n) is 1.85. The van der Waals surface area contributed by atoms with Crippen LogP contribution < -0.4 is 10.1 Å². The van der Waals surface area contributed by atoms with Crippen molar-refractivity contribution in [3.05, 3.63) is 11.2 Å². The highest BCUT2D eigenvalue weighted by Crippen LogP contribution is 2.21. The number of anilines is 1. The fraction of sp³-hybridized carbons (Fsp3) is 0.667. The van der Waals surface area contributed by atoms with E-state index in [0.717, 1.165) is 6.42 Å². The maximum absolute atomic E-state index is 12.0. The third kappa shape index (κ3) is 7.25. The van der Waals surface area contributed by atoms with Crippen LogP contribution >= 0.6 is 11.6 Å². The van der Waals surface area contributed by atoms with Crippen LogP contribution in [-0.2, 0) is 4.74 Å². The van der Waals surface area contributed by atoms with E-state index in [4.69, 9.17) is 21.1 Å². The Morgan fingerprint density at radius 3 is 2.75 bits per heavy atom. The van der Waals surface area contributed by atoms with Crippen molar-refractivity contribution in [2.24, 2.45) is 0 Å². The van der Waals surface area contributed by atoms with Crippen LogP contribution in [0.2, 0.25) is 5.02 Å². The first kappa shape index (κ1) is 20.3. The van der Waals surface area contributed by atoms with Gasteiger partial charge in [-0.3, -0.25) is 0 Å². The van der Waals surface area contributed by atoms with Gasteiger partial charge in [-0.15, -0.1) is 0 Å². The molecular weight excluding hydrogens is 330 g/mol. The summed E-state index contributed by atoms with van der Waals surface area (Å²) in [6, 6.07) is 0. The molecule has 9 heteroatoms. The molecule has 0 saturated heterocycles. The van der Waals surface area contributed by atoms with Crippen molar-refractivity contribution >= 4 is 31.5 Å². The third-order valence-electron chi connectivity index (χ3n) is 2.91. The van der Waals surface area contributed by atoms with Gasteiger partial charge in [0.05, 0.1) is 12.8 Å². The maximum Gasteiger partial charge on any atom is 0.409 e. The number of nitrogens with zero attached hydrogens (tertiary/aromatic N) is 3. The lowest BCUT2D eigenvalue weighted by molar-refractivity contribution is 0.0284. The van der Waals surface area contributed by atoms with E-state index in [1.165, 1.54) is 6.20 Å². The van der Waals surface area contributed by atoms with E-state index in [2.05, 4.69) is 15.3 Å². The summed E-state index contributed by atoms with van der Waals surface area (Å²) in [5.41, 5.74) is -0.490. The van der Waals surface area contributed by atoms with Crippen LogP contribution in [0.3, 0.4) is 0 Å². The molecule has 134 valence electrons. The molecule has 0 aliphatic heterocycles. The van der Waals surface area contributed by atoms with E-state index < -0.39 is 5.60 Å². The zero-order valence-electron chi connectivity index (χ0n) is 15.1. The lowest BCUT2D eigenvalue weighted by Crippen LogP contribution is -2.38. The lowest BCUT2D eigenvalue weighted by atomic mass is 10.1. The molecule has 0 aliphatic carbocycles. The summed E-state index contributed by atoms with van der Waals surface area (Å²) in [6.45, 7) is 9.12. The molecule has 24 heavy (non-hydrogen) atoms. The van der Waals surface area contributed by atoms with E-state index in [0.29, 0.717) is 43.0 Å². The standard InChI is InChI=1S/C15H26BClN4O3/c1-5-23-12-11(17)9-19-13(20-12)18-7-6-8-21(10-16)14(22)24-15(2,3)4/h9H,5-8,10,16H2,1-4H3,(H,18,19,20). The summed E-state index contributed by atoms with van der Waals surface area (Å²) >= 11 is 5.95. The minimum atomic E-state index is -0.490. The van der Waals surface area contributed by atoms with Crippen molar-refractivity contribution in [3.63, 3.8) is 0 Å². The van der Waals surface area contributed by atoms with Crippen molar-refractivity contribution in [2.45, 2.75) is 39.7 Å². The smallest absolute Gasteiger partial charge is 0.409 e. The van der Waals surface area contributed by atoms with Crippen molar-refractivity contribution < 1.29 is 14.3 Å². The Hall–Kier alpha value is -1.70. The van der Waals surface area contributed by atoms with Crippen LogP contribution in [0, 0.1) is 0 Å². The van der Waals surface area contributed by atoms with Crippen molar-refractivity contribution in [1.82, 2.24) is 14.9 Å². The molecule has 0 bridgehead atoms. The first-order valence-corrected chi connectivity index (χ1v) is 8.51. The second-order valence-electron chi connectivity index (χ2n) is 6.12. The Balaban J connectivity index is 2.44. The van der Waals surface area contributed by atoms with Gasteiger partial charge in [0.2, 0.25) is 11.8 Å². The molecule has 0 aliphatic rings. The van der Waals surface area contributed by atoms with Gasteiger partial charge in [0.1, 0.15) is 18.5 Å². The zero-order valence-corrected chi connectivity index (χ0v) is 15.8. The molecule has 0 spiro atoms. The molecule has 1 heterocycles. The molecule has 0 fully saturated rings. The van der Waals surface area contributed by atoms with Gasteiger partial charge in [-0.1, -0.05) is 11.6 Å². The minimum absolute atomic E-state index is 0.300. The Bertz CT molecular complexity index is 540. The van der Waals surface area contributed by atoms with Crippen LogP contribution in [-0.4, -0.2) is 60.5 Å². The molecule has 0 atom stereocenters. The van der Waals surface area contributed by atoms with Gasteiger partial charge in [0.15, 0.2) is 0 Å².